The normalized spacial score (nSPS) is 32.9. The number of carbonyl (C=O) groups excluding carboxylic acids is 2. The molecule has 1 aliphatic carbocycles. The number of ether oxygens (including phenoxy) is 1. The zero-order valence-corrected chi connectivity index (χ0v) is 10.6. The minimum absolute atomic E-state index is 0.149. The molecule has 3 fully saturated rings. The molecule has 0 radical (unpaired) electrons. The number of carboxylic acids is 1. The summed E-state index contributed by atoms with van der Waals surface area (Å²) in [6.07, 6.45) is 2.80. The van der Waals surface area contributed by atoms with Crippen LogP contribution >= 0.6 is 0 Å². The van der Waals surface area contributed by atoms with Gasteiger partial charge in [0.1, 0.15) is 12.2 Å². The Balaban J connectivity index is 1.95. The molecule has 104 valence electrons. The van der Waals surface area contributed by atoms with E-state index in [0.717, 1.165) is 12.8 Å². The van der Waals surface area contributed by atoms with Gasteiger partial charge < -0.3 is 9.84 Å². The summed E-state index contributed by atoms with van der Waals surface area (Å²) in [5.74, 6) is -1.62. The lowest BCUT2D eigenvalue weighted by molar-refractivity contribution is -0.177. The number of carbonyl (C=O) groups is 3. The van der Waals surface area contributed by atoms with Crippen molar-refractivity contribution in [1.82, 2.24) is 4.90 Å². The first-order valence-electron chi connectivity index (χ1n) is 6.79. The van der Waals surface area contributed by atoms with Gasteiger partial charge in [-0.3, -0.25) is 19.3 Å². The minimum Gasteiger partial charge on any atom is -0.481 e. The van der Waals surface area contributed by atoms with Crippen molar-refractivity contribution in [2.24, 2.45) is 0 Å². The van der Waals surface area contributed by atoms with Gasteiger partial charge in [0.15, 0.2) is 0 Å². The fraction of sp³-hybridized carbons (Fsp3) is 0.769. The summed E-state index contributed by atoms with van der Waals surface area (Å²) in [5, 5.41) is 9.11. The first kappa shape index (κ1) is 12.6. The van der Waals surface area contributed by atoms with Gasteiger partial charge in [0.2, 0.25) is 0 Å². The average Bonchev–Trinajstić information content (AvgIpc) is 2.94. The van der Waals surface area contributed by atoms with Crippen LogP contribution in [0.25, 0.3) is 0 Å². The molecule has 2 bridgehead atoms. The van der Waals surface area contributed by atoms with Crippen LogP contribution < -0.4 is 0 Å². The molecule has 2 heterocycles. The average molecular weight is 267 g/mol. The zero-order chi connectivity index (χ0) is 13.6. The predicted molar refractivity (Wildman–Crippen MR) is 63.2 cm³/mol. The number of likely N-dealkylation sites (tertiary alicyclic amines) is 1. The molecule has 0 aromatic rings. The molecule has 2 amide bonds. The van der Waals surface area contributed by atoms with E-state index in [1.165, 1.54) is 4.90 Å². The summed E-state index contributed by atoms with van der Waals surface area (Å²) in [4.78, 5) is 37.1. The van der Waals surface area contributed by atoms with Crippen molar-refractivity contribution < 1.29 is 24.2 Å². The van der Waals surface area contributed by atoms with Crippen LogP contribution in [0, 0.1) is 0 Å². The molecule has 3 rings (SSSR count). The van der Waals surface area contributed by atoms with Crippen LogP contribution in [-0.2, 0) is 19.1 Å². The molecule has 1 N–H and O–H groups in total. The monoisotopic (exact) mass is 267 g/mol. The van der Waals surface area contributed by atoms with Crippen LogP contribution in [0.15, 0.2) is 0 Å². The lowest BCUT2D eigenvalue weighted by atomic mass is 9.89. The first-order chi connectivity index (χ1) is 9.03. The maximum absolute atomic E-state index is 12.4. The fourth-order valence-electron chi connectivity index (χ4n) is 3.66. The number of aliphatic carboxylic acids is 1. The number of amides is 2. The Hall–Kier alpha value is -1.43. The highest BCUT2D eigenvalue weighted by Gasteiger charge is 2.55. The largest absolute Gasteiger partial charge is 0.481 e. The van der Waals surface area contributed by atoms with Gasteiger partial charge in [-0.25, -0.2) is 0 Å². The molecule has 2 saturated heterocycles. The number of hydrogen-bond acceptors (Lipinski definition) is 4. The lowest BCUT2D eigenvalue weighted by Crippen LogP contribution is -2.62. The van der Waals surface area contributed by atoms with Crippen molar-refractivity contribution in [1.29, 1.82) is 0 Å². The molecule has 0 aromatic heterocycles. The van der Waals surface area contributed by atoms with E-state index in [4.69, 9.17) is 9.84 Å². The highest BCUT2D eigenvalue weighted by Crippen LogP contribution is 2.42. The molecule has 0 aromatic carbocycles. The van der Waals surface area contributed by atoms with Gasteiger partial charge >= 0.3 is 5.97 Å². The topological polar surface area (TPSA) is 83.9 Å². The number of fused-ring (bicyclic) bond motifs is 2. The van der Waals surface area contributed by atoms with Gasteiger partial charge in [0, 0.05) is 0 Å². The van der Waals surface area contributed by atoms with Gasteiger partial charge in [-0.1, -0.05) is 12.8 Å². The number of hydrogen-bond donors (Lipinski definition) is 1. The number of carboxylic acid groups (broad SMARTS) is 1. The van der Waals surface area contributed by atoms with Gasteiger partial charge in [-0.05, 0) is 25.7 Å². The third kappa shape index (κ3) is 1.85. The van der Waals surface area contributed by atoms with E-state index in [2.05, 4.69) is 0 Å². The highest BCUT2D eigenvalue weighted by molar-refractivity contribution is 6.03. The Labute approximate surface area is 110 Å². The van der Waals surface area contributed by atoms with Crippen LogP contribution in [-0.4, -0.2) is 45.5 Å². The molecule has 19 heavy (non-hydrogen) atoms. The third-order valence-corrected chi connectivity index (χ3v) is 4.50. The molecule has 2 unspecified atom stereocenters. The van der Waals surface area contributed by atoms with E-state index in [9.17, 15) is 14.4 Å². The summed E-state index contributed by atoms with van der Waals surface area (Å²) in [7, 11) is 0. The molecular weight excluding hydrogens is 250 g/mol. The Morgan fingerprint density at radius 3 is 2.21 bits per heavy atom. The Morgan fingerprint density at radius 2 is 1.74 bits per heavy atom. The number of imide groups is 1. The SMILES string of the molecule is O=C(O)CC1(N2C(=O)C3CCC(O3)C2=O)CCCC1. The van der Waals surface area contributed by atoms with Gasteiger partial charge in [-0.15, -0.1) is 0 Å². The predicted octanol–water partition coefficient (Wildman–Crippen LogP) is 0.690. The van der Waals surface area contributed by atoms with E-state index < -0.39 is 23.7 Å². The maximum atomic E-state index is 12.4. The van der Waals surface area contributed by atoms with Crippen molar-refractivity contribution in [3.63, 3.8) is 0 Å². The molecule has 6 heteroatoms. The Morgan fingerprint density at radius 1 is 1.21 bits per heavy atom. The second-order valence-electron chi connectivity index (χ2n) is 5.70. The minimum atomic E-state index is -0.957. The number of morpholine rings is 1. The molecule has 3 aliphatic rings. The van der Waals surface area contributed by atoms with E-state index in [1.54, 1.807) is 0 Å². The molecule has 1 saturated carbocycles. The summed E-state index contributed by atoms with van der Waals surface area (Å²) >= 11 is 0. The molecule has 0 spiro atoms. The molecule has 2 aliphatic heterocycles. The van der Waals surface area contributed by atoms with E-state index in [1.807, 2.05) is 0 Å². The van der Waals surface area contributed by atoms with Crippen molar-refractivity contribution in [3.05, 3.63) is 0 Å². The van der Waals surface area contributed by atoms with Crippen molar-refractivity contribution in [2.75, 3.05) is 0 Å². The zero-order valence-electron chi connectivity index (χ0n) is 10.6. The number of rotatable bonds is 3. The second kappa shape index (κ2) is 4.30. The summed E-state index contributed by atoms with van der Waals surface area (Å²) < 4.78 is 5.37. The van der Waals surface area contributed by atoms with Crippen LogP contribution in [0.1, 0.15) is 44.9 Å². The van der Waals surface area contributed by atoms with Crippen LogP contribution in [0.2, 0.25) is 0 Å². The van der Waals surface area contributed by atoms with Crippen LogP contribution in [0.3, 0.4) is 0 Å². The van der Waals surface area contributed by atoms with E-state index in [-0.39, 0.29) is 18.2 Å². The second-order valence-corrected chi connectivity index (χ2v) is 5.70. The summed E-state index contributed by atoms with van der Waals surface area (Å²) in [5.41, 5.74) is -0.815. The Bertz CT molecular complexity index is 418. The summed E-state index contributed by atoms with van der Waals surface area (Å²) in [6, 6.07) is 0. The van der Waals surface area contributed by atoms with Crippen molar-refractivity contribution >= 4 is 17.8 Å². The molecular formula is C13H17NO5. The quantitative estimate of drug-likeness (QED) is 0.760. The Kier molecular flexibility index (Phi) is 2.85. The first-order valence-corrected chi connectivity index (χ1v) is 6.79. The van der Waals surface area contributed by atoms with Gasteiger partial charge in [0.05, 0.1) is 12.0 Å². The lowest BCUT2D eigenvalue weighted by Gasteiger charge is -2.42. The maximum Gasteiger partial charge on any atom is 0.305 e. The summed E-state index contributed by atoms with van der Waals surface area (Å²) in [6.45, 7) is 0. The van der Waals surface area contributed by atoms with Crippen LogP contribution in [0.5, 0.6) is 0 Å². The van der Waals surface area contributed by atoms with Crippen LogP contribution in [0.4, 0.5) is 0 Å². The van der Waals surface area contributed by atoms with Crippen molar-refractivity contribution in [2.45, 2.75) is 62.7 Å². The third-order valence-electron chi connectivity index (χ3n) is 4.50. The van der Waals surface area contributed by atoms with Crippen molar-refractivity contribution in [3.8, 4) is 0 Å². The van der Waals surface area contributed by atoms with E-state index >= 15 is 0 Å². The smallest absolute Gasteiger partial charge is 0.305 e. The molecule has 2 atom stereocenters. The number of nitrogens with zero attached hydrogens (tertiary/aromatic N) is 1. The highest BCUT2D eigenvalue weighted by atomic mass is 16.5. The standard InChI is InChI=1S/C13H17NO5/c15-10(16)7-13(5-1-2-6-13)14-11(17)8-3-4-9(19-8)12(14)18/h8-9H,1-7H2,(H,15,16). The van der Waals surface area contributed by atoms with Gasteiger partial charge in [-0.2, -0.15) is 0 Å². The van der Waals surface area contributed by atoms with E-state index in [0.29, 0.717) is 25.7 Å². The van der Waals surface area contributed by atoms with Gasteiger partial charge in [0.25, 0.3) is 11.8 Å². The fourth-order valence-corrected chi connectivity index (χ4v) is 3.66. The molecule has 6 nitrogen and oxygen atoms in total.